The number of rotatable bonds is 7. The van der Waals surface area contributed by atoms with Crippen LogP contribution in [0.3, 0.4) is 0 Å². The average molecular weight is 432 g/mol. The number of benzene rings is 1. The highest BCUT2D eigenvalue weighted by Gasteiger charge is 2.20. The molecule has 29 heavy (non-hydrogen) atoms. The fraction of sp³-hybridized carbons (Fsp3) is 0.708. The Bertz CT molecular complexity index is 510. The van der Waals surface area contributed by atoms with Gasteiger partial charge in [0, 0.05) is 18.6 Å². The van der Waals surface area contributed by atoms with Crippen LogP contribution in [0.5, 0.6) is 5.75 Å². The molecule has 1 rings (SSSR count). The Balaban J connectivity index is -0.00000127. The van der Waals surface area contributed by atoms with Gasteiger partial charge in [-0.1, -0.05) is 60.6 Å². The molecule has 5 heteroatoms. The van der Waals surface area contributed by atoms with E-state index in [1.165, 1.54) is 0 Å². The molecule has 1 amide bonds. The van der Waals surface area contributed by atoms with E-state index in [4.69, 9.17) is 21.1 Å². The first-order valence-corrected chi connectivity index (χ1v) is 10.8. The lowest BCUT2D eigenvalue weighted by Crippen LogP contribution is -2.35. The van der Waals surface area contributed by atoms with E-state index >= 15 is 0 Å². The number of amides is 1. The van der Waals surface area contributed by atoms with Gasteiger partial charge in [-0.15, -0.1) is 0 Å². The molecule has 0 fully saturated rings. The molecule has 1 aromatic rings. The van der Waals surface area contributed by atoms with Crippen LogP contribution in [0.2, 0.25) is 5.02 Å². The Morgan fingerprint density at radius 2 is 1.55 bits per heavy atom. The third kappa shape index (κ3) is 16.1. The summed E-state index contributed by atoms with van der Waals surface area (Å²) >= 11 is 5.90. The van der Waals surface area contributed by atoms with Crippen molar-refractivity contribution in [2.24, 2.45) is 5.92 Å². The van der Waals surface area contributed by atoms with E-state index in [1.807, 2.05) is 72.7 Å². The molecule has 0 bridgehead atoms. The van der Waals surface area contributed by atoms with E-state index < -0.39 is 5.60 Å². The number of nitrogens with zero attached hydrogens (tertiary/aromatic N) is 1. The third-order valence-corrected chi connectivity index (χ3v) is 3.78. The van der Waals surface area contributed by atoms with Crippen LogP contribution in [0.15, 0.2) is 24.3 Å². The highest BCUT2D eigenvalue weighted by Crippen LogP contribution is 2.21. The monoisotopic (exact) mass is 431 g/mol. The van der Waals surface area contributed by atoms with Gasteiger partial charge in [0.25, 0.3) is 0 Å². The smallest absolute Gasteiger partial charge is 0.410 e. The maximum absolute atomic E-state index is 12.0. The minimum absolute atomic E-state index is 0. The predicted molar refractivity (Wildman–Crippen MR) is 128 cm³/mol. The Hall–Kier alpha value is -1.42. The van der Waals surface area contributed by atoms with Gasteiger partial charge in [0.2, 0.25) is 0 Å². The second kappa shape index (κ2) is 17.4. The van der Waals surface area contributed by atoms with Crippen LogP contribution in [0.25, 0.3) is 0 Å². The van der Waals surface area contributed by atoms with E-state index in [2.05, 4.69) is 13.8 Å². The first kappa shape index (κ1) is 32.3. The van der Waals surface area contributed by atoms with Crippen LogP contribution in [-0.4, -0.2) is 36.3 Å². The summed E-state index contributed by atoms with van der Waals surface area (Å²) in [5.74, 6) is 1.20. The zero-order chi connectivity index (χ0) is 22.3. The van der Waals surface area contributed by atoms with Crippen molar-refractivity contribution in [2.45, 2.75) is 94.3 Å². The van der Waals surface area contributed by atoms with Crippen molar-refractivity contribution in [3.63, 3.8) is 0 Å². The Kier molecular flexibility index (Phi) is 19.4. The largest absolute Gasteiger partial charge is 0.490 e. The standard InChI is InChI=1S/C19H30ClNO3.2C2H6.CH4/c1-14(2)17(23-16-11-9-15(20)10-12-16)8-7-13-21(6)18(22)24-19(3,4)5;2*1-2;/h9-12,14,17H,7-8,13H2,1-6H3;2*1-2H3;1H4. The quantitative estimate of drug-likeness (QED) is 0.437. The summed E-state index contributed by atoms with van der Waals surface area (Å²) in [6.45, 7) is 18.5. The molecule has 0 heterocycles. The van der Waals surface area contributed by atoms with E-state index in [1.54, 1.807) is 11.9 Å². The highest BCUT2D eigenvalue weighted by atomic mass is 35.5. The first-order chi connectivity index (χ1) is 13.1. The molecule has 4 nitrogen and oxygen atoms in total. The summed E-state index contributed by atoms with van der Waals surface area (Å²) in [5, 5.41) is 0.697. The average Bonchev–Trinajstić information content (AvgIpc) is 2.64. The molecule has 0 radical (unpaired) electrons. The van der Waals surface area contributed by atoms with Gasteiger partial charge >= 0.3 is 6.09 Å². The van der Waals surface area contributed by atoms with Crippen molar-refractivity contribution >= 4 is 17.7 Å². The van der Waals surface area contributed by atoms with E-state index in [9.17, 15) is 4.79 Å². The molecule has 1 aromatic carbocycles. The summed E-state index contributed by atoms with van der Waals surface area (Å²) in [6.07, 6.45) is 1.53. The minimum atomic E-state index is -0.469. The molecule has 0 N–H and O–H groups in total. The second-order valence-corrected chi connectivity index (χ2v) is 7.83. The van der Waals surface area contributed by atoms with Crippen molar-refractivity contribution in [1.82, 2.24) is 4.90 Å². The molecule has 0 spiro atoms. The van der Waals surface area contributed by atoms with Gasteiger partial charge < -0.3 is 14.4 Å². The third-order valence-electron chi connectivity index (χ3n) is 3.53. The molecule has 0 aromatic heterocycles. The fourth-order valence-corrected chi connectivity index (χ4v) is 2.30. The van der Waals surface area contributed by atoms with E-state index in [-0.39, 0.29) is 19.6 Å². The van der Waals surface area contributed by atoms with Gasteiger partial charge in [-0.25, -0.2) is 4.79 Å². The zero-order valence-electron chi connectivity index (χ0n) is 19.6. The van der Waals surface area contributed by atoms with Gasteiger partial charge in [-0.2, -0.15) is 0 Å². The maximum atomic E-state index is 12.0. The lowest BCUT2D eigenvalue weighted by atomic mass is 10.0. The van der Waals surface area contributed by atoms with Crippen molar-refractivity contribution in [1.29, 1.82) is 0 Å². The molecule has 0 aliphatic heterocycles. The normalized spacial score (nSPS) is 11.0. The van der Waals surface area contributed by atoms with Crippen LogP contribution in [-0.2, 0) is 4.74 Å². The highest BCUT2D eigenvalue weighted by molar-refractivity contribution is 6.30. The molecule has 1 unspecified atom stereocenters. The predicted octanol–water partition coefficient (Wildman–Crippen LogP) is 8.08. The summed E-state index contributed by atoms with van der Waals surface area (Å²) < 4.78 is 11.4. The molecule has 0 aliphatic rings. The molecular formula is C24H46ClNO3. The van der Waals surface area contributed by atoms with Crippen molar-refractivity contribution in [2.75, 3.05) is 13.6 Å². The Morgan fingerprint density at radius 1 is 1.07 bits per heavy atom. The topological polar surface area (TPSA) is 38.8 Å². The molecule has 0 saturated heterocycles. The number of hydrogen-bond acceptors (Lipinski definition) is 3. The van der Waals surface area contributed by atoms with E-state index in [0.29, 0.717) is 17.5 Å². The van der Waals surface area contributed by atoms with Crippen molar-refractivity contribution < 1.29 is 14.3 Å². The molecule has 172 valence electrons. The number of halogens is 1. The Labute approximate surface area is 185 Å². The molecule has 1 atom stereocenters. The van der Waals surface area contributed by atoms with E-state index in [0.717, 1.165) is 18.6 Å². The maximum Gasteiger partial charge on any atom is 0.410 e. The van der Waals surface area contributed by atoms with Crippen LogP contribution in [0.4, 0.5) is 4.79 Å². The first-order valence-electron chi connectivity index (χ1n) is 10.4. The Morgan fingerprint density at radius 3 is 1.97 bits per heavy atom. The number of carbonyl (C=O) groups is 1. The lowest BCUT2D eigenvalue weighted by molar-refractivity contribution is 0.0288. The van der Waals surface area contributed by atoms with Gasteiger partial charge in [-0.05, 0) is 63.8 Å². The van der Waals surface area contributed by atoms with Gasteiger partial charge in [0.05, 0.1) is 0 Å². The summed E-state index contributed by atoms with van der Waals surface area (Å²) in [4.78, 5) is 13.6. The van der Waals surface area contributed by atoms with Crippen LogP contribution >= 0.6 is 11.6 Å². The van der Waals surface area contributed by atoms with Gasteiger partial charge in [0.1, 0.15) is 17.5 Å². The number of ether oxygens (including phenoxy) is 2. The van der Waals surface area contributed by atoms with Crippen molar-refractivity contribution in [3.05, 3.63) is 29.3 Å². The molecule has 0 aliphatic carbocycles. The lowest BCUT2D eigenvalue weighted by Gasteiger charge is -2.26. The fourth-order valence-electron chi connectivity index (χ4n) is 2.18. The van der Waals surface area contributed by atoms with Crippen LogP contribution < -0.4 is 4.74 Å². The molecule has 0 saturated carbocycles. The van der Waals surface area contributed by atoms with Gasteiger partial charge in [-0.3, -0.25) is 0 Å². The second-order valence-electron chi connectivity index (χ2n) is 7.40. The SMILES string of the molecule is C.CC.CC.CC(C)C(CCCN(C)C(=O)OC(C)(C)C)Oc1ccc(Cl)cc1. The number of carbonyl (C=O) groups excluding carboxylic acids is 1. The minimum Gasteiger partial charge on any atom is -0.490 e. The van der Waals surface area contributed by atoms with Crippen molar-refractivity contribution in [3.8, 4) is 5.75 Å². The zero-order valence-corrected chi connectivity index (χ0v) is 20.4. The summed E-state index contributed by atoms with van der Waals surface area (Å²) in [5.41, 5.74) is -0.469. The van der Waals surface area contributed by atoms with Crippen LogP contribution in [0.1, 0.15) is 82.6 Å². The summed E-state index contributed by atoms with van der Waals surface area (Å²) in [6, 6.07) is 7.41. The molecular weight excluding hydrogens is 386 g/mol. The van der Waals surface area contributed by atoms with Gasteiger partial charge in [0.15, 0.2) is 0 Å². The van der Waals surface area contributed by atoms with Crippen LogP contribution in [0, 0.1) is 5.92 Å². The summed E-state index contributed by atoms with van der Waals surface area (Å²) in [7, 11) is 1.76. The number of hydrogen-bond donors (Lipinski definition) is 0.